The summed E-state index contributed by atoms with van der Waals surface area (Å²) < 4.78 is 5.51. The van der Waals surface area contributed by atoms with Gasteiger partial charge < -0.3 is 15.0 Å². The van der Waals surface area contributed by atoms with Crippen molar-refractivity contribution < 1.29 is 4.74 Å². The predicted octanol–water partition coefficient (Wildman–Crippen LogP) is 1.68. The predicted molar refractivity (Wildman–Crippen MR) is 72.6 cm³/mol. The van der Waals surface area contributed by atoms with Crippen molar-refractivity contribution in [2.24, 2.45) is 0 Å². The Kier molecular flexibility index (Phi) is 6.65. The zero-order chi connectivity index (χ0) is 12.7. The molecule has 1 heterocycles. The molecule has 5 heteroatoms. The topological polar surface area (TPSA) is 37.4 Å². The minimum absolute atomic E-state index is 0.303. The molecule has 0 fully saturated rings. The van der Waals surface area contributed by atoms with Gasteiger partial charge in [-0.15, -0.1) is 11.3 Å². The fraction of sp³-hybridized carbons (Fsp3) is 0.750. The highest BCUT2D eigenvalue weighted by Crippen LogP contribution is 2.15. The van der Waals surface area contributed by atoms with E-state index in [0.29, 0.717) is 6.04 Å². The Hall–Kier alpha value is -0.490. The van der Waals surface area contributed by atoms with E-state index in [1.165, 1.54) is 0 Å². The monoisotopic (exact) mass is 257 g/mol. The molecule has 0 aliphatic heterocycles. The van der Waals surface area contributed by atoms with Gasteiger partial charge in [0.25, 0.3) is 0 Å². The van der Waals surface area contributed by atoms with E-state index in [-0.39, 0.29) is 0 Å². The van der Waals surface area contributed by atoms with Crippen molar-refractivity contribution >= 4 is 11.3 Å². The number of rotatable bonds is 8. The van der Waals surface area contributed by atoms with Crippen molar-refractivity contribution in [1.29, 1.82) is 0 Å². The van der Waals surface area contributed by atoms with Crippen LogP contribution in [-0.4, -0.2) is 50.3 Å². The van der Waals surface area contributed by atoms with E-state index < -0.39 is 0 Å². The van der Waals surface area contributed by atoms with Crippen LogP contribution >= 0.6 is 11.3 Å². The summed E-state index contributed by atoms with van der Waals surface area (Å²) in [4.78, 5) is 6.58. The molecule has 0 amide bonds. The number of nitrogens with one attached hydrogen (secondary N) is 1. The van der Waals surface area contributed by atoms with Gasteiger partial charge in [-0.3, -0.25) is 0 Å². The lowest BCUT2D eigenvalue weighted by molar-refractivity contribution is 0.118. The lowest BCUT2D eigenvalue weighted by Gasteiger charge is -2.13. The van der Waals surface area contributed by atoms with E-state index in [1.54, 1.807) is 11.3 Å². The molecule has 1 aromatic heterocycles. The molecule has 98 valence electrons. The molecule has 0 aliphatic carbocycles. The maximum absolute atomic E-state index is 5.51. The number of nitrogens with zero attached hydrogens (tertiary/aromatic N) is 2. The molecular weight excluding hydrogens is 234 g/mol. The van der Waals surface area contributed by atoms with Gasteiger partial charge in [-0.05, 0) is 27.9 Å². The summed E-state index contributed by atoms with van der Waals surface area (Å²) in [5.74, 6) is 0. The van der Waals surface area contributed by atoms with Crippen LogP contribution in [0.25, 0.3) is 0 Å². The molecule has 1 unspecified atom stereocenters. The van der Waals surface area contributed by atoms with E-state index in [0.717, 1.165) is 37.0 Å². The number of hydrogen-bond donors (Lipinski definition) is 1. The normalized spacial score (nSPS) is 13.2. The van der Waals surface area contributed by atoms with Gasteiger partial charge in [-0.2, -0.15) is 0 Å². The summed E-state index contributed by atoms with van der Waals surface area (Å²) in [5, 5.41) is 6.64. The van der Waals surface area contributed by atoms with Gasteiger partial charge in [0.15, 0.2) is 0 Å². The molecule has 1 aromatic rings. The standard InChI is InChI=1S/C12H23N3OS/c1-10(12-9-17-11(2)14-12)13-5-7-16-8-6-15(3)4/h9-10,13H,5-8H2,1-4H3. The number of thiazole rings is 1. The average molecular weight is 257 g/mol. The van der Waals surface area contributed by atoms with Crippen LogP contribution in [-0.2, 0) is 4.74 Å². The minimum atomic E-state index is 0.303. The molecule has 17 heavy (non-hydrogen) atoms. The summed E-state index contributed by atoms with van der Waals surface area (Å²) in [7, 11) is 4.10. The van der Waals surface area contributed by atoms with E-state index in [2.05, 4.69) is 27.5 Å². The Morgan fingerprint density at radius 3 is 2.82 bits per heavy atom. The lowest BCUT2D eigenvalue weighted by Crippen LogP contribution is -2.25. The molecule has 0 radical (unpaired) electrons. The Labute approximate surface area is 108 Å². The van der Waals surface area contributed by atoms with Crippen LogP contribution in [0.3, 0.4) is 0 Å². The van der Waals surface area contributed by atoms with Crippen LogP contribution < -0.4 is 5.32 Å². The third kappa shape index (κ3) is 6.12. The number of aromatic nitrogens is 1. The van der Waals surface area contributed by atoms with E-state index >= 15 is 0 Å². The Balaban J connectivity index is 2.06. The first kappa shape index (κ1) is 14.6. The maximum Gasteiger partial charge on any atom is 0.0898 e. The van der Waals surface area contributed by atoms with Crippen LogP contribution in [0, 0.1) is 6.92 Å². The molecule has 0 spiro atoms. The molecule has 1 N–H and O–H groups in total. The maximum atomic E-state index is 5.51. The molecule has 1 atom stereocenters. The first-order valence-corrected chi connectivity index (χ1v) is 6.85. The van der Waals surface area contributed by atoms with Gasteiger partial charge >= 0.3 is 0 Å². The van der Waals surface area contributed by atoms with Crippen molar-refractivity contribution in [3.05, 3.63) is 16.1 Å². The van der Waals surface area contributed by atoms with E-state index in [1.807, 2.05) is 21.0 Å². The molecule has 0 bridgehead atoms. The summed E-state index contributed by atoms with van der Waals surface area (Å²) >= 11 is 1.70. The van der Waals surface area contributed by atoms with Crippen molar-refractivity contribution in [3.8, 4) is 0 Å². The molecule has 1 rings (SSSR count). The number of ether oxygens (including phenoxy) is 1. The second-order valence-electron chi connectivity index (χ2n) is 4.38. The van der Waals surface area contributed by atoms with Crippen LogP contribution in [0.1, 0.15) is 23.7 Å². The van der Waals surface area contributed by atoms with Gasteiger partial charge in [0.05, 0.1) is 23.9 Å². The van der Waals surface area contributed by atoms with Crippen LogP contribution in [0.5, 0.6) is 0 Å². The molecule has 0 saturated carbocycles. The second-order valence-corrected chi connectivity index (χ2v) is 5.45. The third-order valence-electron chi connectivity index (χ3n) is 2.46. The molecular formula is C12H23N3OS. The van der Waals surface area contributed by atoms with E-state index in [4.69, 9.17) is 4.74 Å². The highest BCUT2D eigenvalue weighted by molar-refractivity contribution is 7.09. The molecule has 0 saturated heterocycles. The Morgan fingerprint density at radius 1 is 1.47 bits per heavy atom. The first-order chi connectivity index (χ1) is 8.09. The summed E-state index contributed by atoms with van der Waals surface area (Å²) in [5.41, 5.74) is 1.13. The van der Waals surface area contributed by atoms with Gasteiger partial charge in [0.2, 0.25) is 0 Å². The molecule has 0 aliphatic rings. The van der Waals surface area contributed by atoms with Crippen LogP contribution in [0.15, 0.2) is 5.38 Å². The van der Waals surface area contributed by atoms with Crippen molar-refractivity contribution in [2.45, 2.75) is 19.9 Å². The van der Waals surface area contributed by atoms with Crippen molar-refractivity contribution in [3.63, 3.8) is 0 Å². The smallest absolute Gasteiger partial charge is 0.0898 e. The van der Waals surface area contributed by atoms with Crippen LogP contribution in [0.4, 0.5) is 0 Å². The average Bonchev–Trinajstić information content (AvgIpc) is 2.69. The largest absolute Gasteiger partial charge is 0.379 e. The Morgan fingerprint density at radius 2 is 2.24 bits per heavy atom. The first-order valence-electron chi connectivity index (χ1n) is 5.97. The summed E-state index contributed by atoms with van der Waals surface area (Å²) in [6.45, 7) is 7.55. The van der Waals surface area contributed by atoms with Gasteiger partial charge in [-0.1, -0.05) is 0 Å². The van der Waals surface area contributed by atoms with Gasteiger partial charge in [0.1, 0.15) is 0 Å². The van der Waals surface area contributed by atoms with Crippen LogP contribution in [0.2, 0.25) is 0 Å². The van der Waals surface area contributed by atoms with E-state index in [9.17, 15) is 0 Å². The summed E-state index contributed by atoms with van der Waals surface area (Å²) in [6, 6.07) is 0.303. The van der Waals surface area contributed by atoms with Gasteiger partial charge in [0, 0.05) is 24.5 Å². The minimum Gasteiger partial charge on any atom is -0.379 e. The fourth-order valence-corrected chi connectivity index (χ4v) is 2.09. The highest BCUT2D eigenvalue weighted by atomic mass is 32.1. The second kappa shape index (κ2) is 7.76. The summed E-state index contributed by atoms with van der Waals surface area (Å²) in [6.07, 6.45) is 0. The zero-order valence-corrected chi connectivity index (χ0v) is 12.0. The zero-order valence-electron chi connectivity index (χ0n) is 11.2. The fourth-order valence-electron chi connectivity index (χ4n) is 1.38. The molecule has 0 aromatic carbocycles. The molecule has 4 nitrogen and oxygen atoms in total. The lowest BCUT2D eigenvalue weighted by atomic mass is 10.2. The van der Waals surface area contributed by atoms with Crippen molar-refractivity contribution in [1.82, 2.24) is 15.2 Å². The number of likely N-dealkylation sites (N-methyl/N-ethyl adjacent to an activating group) is 1. The van der Waals surface area contributed by atoms with Crippen molar-refractivity contribution in [2.75, 3.05) is 40.4 Å². The highest BCUT2D eigenvalue weighted by Gasteiger charge is 2.07. The Bertz CT molecular complexity index is 314. The number of aryl methyl sites for hydroxylation is 1. The third-order valence-corrected chi connectivity index (χ3v) is 3.25. The van der Waals surface area contributed by atoms with Gasteiger partial charge in [-0.25, -0.2) is 4.98 Å². The number of hydrogen-bond acceptors (Lipinski definition) is 5. The quantitative estimate of drug-likeness (QED) is 0.719. The SMILES string of the molecule is Cc1nc(C(C)NCCOCCN(C)C)cs1.